The molecule has 0 aliphatic rings. The molecule has 20 heavy (non-hydrogen) atoms. The van der Waals surface area contributed by atoms with Crippen LogP contribution in [0.15, 0.2) is 18.2 Å². The van der Waals surface area contributed by atoms with Gasteiger partial charge in [0.2, 0.25) is 0 Å². The van der Waals surface area contributed by atoms with Crippen LogP contribution in [0, 0.1) is 25.5 Å². The van der Waals surface area contributed by atoms with Crippen LogP contribution in [0.2, 0.25) is 0 Å². The minimum absolute atomic E-state index is 0.757. The van der Waals surface area contributed by atoms with Crippen LogP contribution in [0.3, 0.4) is 0 Å². The molecule has 1 N–H and O–H groups in total. The zero-order chi connectivity index (χ0) is 14.4. The summed E-state index contributed by atoms with van der Waals surface area (Å²) in [4.78, 5) is 3.28. The third-order valence-corrected chi connectivity index (χ3v) is 4.23. The number of aromatic amines is 1. The lowest BCUT2D eigenvalue weighted by Gasteiger charge is -2.06. The average Bonchev–Trinajstić information content (AvgIpc) is 2.81. The first kappa shape index (κ1) is 13.1. The maximum atomic E-state index is 5.47. The SMILES string of the molecule is Cc1ccc2c(c1)[nH]c(=S)n2Cc1c(C)nn(C)c1C. The van der Waals surface area contributed by atoms with E-state index >= 15 is 0 Å². The molecule has 0 fully saturated rings. The second-order valence-corrected chi connectivity index (χ2v) is 5.70. The topological polar surface area (TPSA) is 38.5 Å². The highest BCUT2D eigenvalue weighted by Crippen LogP contribution is 2.20. The van der Waals surface area contributed by atoms with Crippen molar-refractivity contribution in [2.24, 2.45) is 7.05 Å². The minimum Gasteiger partial charge on any atom is -0.331 e. The second-order valence-electron chi connectivity index (χ2n) is 5.31. The van der Waals surface area contributed by atoms with Crippen molar-refractivity contribution in [2.45, 2.75) is 27.3 Å². The molecule has 104 valence electrons. The second kappa shape index (κ2) is 4.59. The number of benzene rings is 1. The van der Waals surface area contributed by atoms with Crippen molar-refractivity contribution in [3.8, 4) is 0 Å². The van der Waals surface area contributed by atoms with E-state index in [1.165, 1.54) is 16.8 Å². The molecule has 0 unspecified atom stereocenters. The Labute approximate surface area is 123 Å². The van der Waals surface area contributed by atoms with Crippen LogP contribution in [0.5, 0.6) is 0 Å². The quantitative estimate of drug-likeness (QED) is 0.733. The van der Waals surface area contributed by atoms with E-state index in [2.05, 4.69) is 46.7 Å². The van der Waals surface area contributed by atoms with Crippen LogP contribution in [0.25, 0.3) is 11.0 Å². The number of hydrogen-bond acceptors (Lipinski definition) is 2. The summed E-state index contributed by atoms with van der Waals surface area (Å²) in [7, 11) is 1.98. The van der Waals surface area contributed by atoms with Crippen molar-refractivity contribution < 1.29 is 0 Å². The van der Waals surface area contributed by atoms with E-state index in [4.69, 9.17) is 12.2 Å². The fourth-order valence-electron chi connectivity index (χ4n) is 2.64. The maximum absolute atomic E-state index is 5.47. The lowest BCUT2D eigenvalue weighted by molar-refractivity contribution is 0.727. The molecule has 0 amide bonds. The molecule has 3 aromatic rings. The lowest BCUT2D eigenvalue weighted by atomic mass is 10.2. The van der Waals surface area contributed by atoms with E-state index in [-0.39, 0.29) is 0 Å². The largest absolute Gasteiger partial charge is 0.331 e. The van der Waals surface area contributed by atoms with E-state index in [1.807, 2.05) is 18.7 Å². The van der Waals surface area contributed by atoms with Gasteiger partial charge in [-0.2, -0.15) is 5.10 Å². The molecule has 0 bridgehead atoms. The van der Waals surface area contributed by atoms with E-state index < -0.39 is 0 Å². The van der Waals surface area contributed by atoms with Crippen LogP contribution in [0.4, 0.5) is 0 Å². The molecule has 0 aliphatic heterocycles. The van der Waals surface area contributed by atoms with Gasteiger partial charge >= 0.3 is 0 Å². The molecule has 1 aromatic carbocycles. The normalized spacial score (nSPS) is 11.4. The number of rotatable bonds is 2. The maximum Gasteiger partial charge on any atom is 0.178 e. The third kappa shape index (κ3) is 1.98. The van der Waals surface area contributed by atoms with Crippen molar-refractivity contribution in [2.75, 3.05) is 0 Å². The van der Waals surface area contributed by atoms with Gasteiger partial charge in [0.25, 0.3) is 0 Å². The zero-order valence-corrected chi connectivity index (χ0v) is 13.0. The summed E-state index contributed by atoms with van der Waals surface area (Å²) in [5.41, 5.74) is 6.95. The summed E-state index contributed by atoms with van der Waals surface area (Å²) in [6, 6.07) is 6.37. The fourth-order valence-corrected chi connectivity index (χ4v) is 2.91. The Kier molecular flexibility index (Phi) is 3.01. The summed E-state index contributed by atoms with van der Waals surface area (Å²) < 4.78 is 4.82. The Bertz CT molecular complexity index is 851. The molecular weight excluding hydrogens is 268 g/mol. The van der Waals surface area contributed by atoms with Crippen molar-refractivity contribution in [3.05, 3.63) is 45.5 Å². The highest BCUT2D eigenvalue weighted by Gasteiger charge is 2.12. The molecule has 5 heteroatoms. The van der Waals surface area contributed by atoms with Crippen LogP contribution in [0.1, 0.15) is 22.5 Å². The van der Waals surface area contributed by atoms with E-state index in [9.17, 15) is 0 Å². The molecule has 0 aliphatic carbocycles. The van der Waals surface area contributed by atoms with Gasteiger partial charge in [-0.25, -0.2) is 0 Å². The summed E-state index contributed by atoms with van der Waals surface area (Å²) in [5.74, 6) is 0. The summed E-state index contributed by atoms with van der Waals surface area (Å²) in [5, 5.41) is 4.47. The van der Waals surface area contributed by atoms with Crippen LogP contribution < -0.4 is 0 Å². The number of H-pyrrole nitrogens is 1. The van der Waals surface area contributed by atoms with Gasteiger partial charge in [0, 0.05) is 18.3 Å². The Hall–Kier alpha value is -1.88. The van der Waals surface area contributed by atoms with E-state index in [0.29, 0.717) is 0 Å². The third-order valence-electron chi connectivity index (χ3n) is 3.90. The Morgan fingerprint density at radius 2 is 2.00 bits per heavy atom. The van der Waals surface area contributed by atoms with Crippen molar-refractivity contribution in [3.63, 3.8) is 0 Å². The van der Waals surface area contributed by atoms with E-state index in [1.54, 1.807) is 0 Å². The predicted octanol–water partition coefficient (Wildman–Crippen LogP) is 3.41. The number of nitrogens with one attached hydrogen (secondary N) is 1. The van der Waals surface area contributed by atoms with Gasteiger partial charge in [0.15, 0.2) is 4.77 Å². The molecule has 0 spiro atoms. The number of hydrogen-bond donors (Lipinski definition) is 1. The number of imidazole rings is 1. The highest BCUT2D eigenvalue weighted by atomic mass is 32.1. The Morgan fingerprint density at radius 3 is 2.65 bits per heavy atom. The molecule has 4 nitrogen and oxygen atoms in total. The van der Waals surface area contributed by atoms with Crippen molar-refractivity contribution >= 4 is 23.3 Å². The van der Waals surface area contributed by atoms with Gasteiger partial charge in [-0.05, 0) is 50.7 Å². The molecule has 0 radical (unpaired) electrons. The molecule has 3 rings (SSSR count). The van der Waals surface area contributed by atoms with Crippen LogP contribution >= 0.6 is 12.2 Å². The smallest absolute Gasteiger partial charge is 0.178 e. The number of aromatic nitrogens is 4. The van der Waals surface area contributed by atoms with Gasteiger partial charge in [0.1, 0.15) is 0 Å². The summed E-state index contributed by atoms with van der Waals surface area (Å²) in [6.07, 6.45) is 0. The lowest BCUT2D eigenvalue weighted by Crippen LogP contribution is -2.02. The van der Waals surface area contributed by atoms with Gasteiger partial charge in [-0.1, -0.05) is 6.07 Å². The highest BCUT2D eigenvalue weighted by molar-refractivity contribution is 7.71. The number of nitrogens with zero attached hydrogens (tertiary/aromatic N) is 3. The van der Waals surface area contributed by atoms with E-state index in [0.717, 1.165) is 28.0 Å². The van der Waals surface area contributed by atoms with Crippen molar-refractivity contribution in [1.82, 2.24) is 19.3 Å². The van der Waals surface area contributed by atoms with Crippen molar-refractivity contribution in [1.29, 1.82) is 0 Å². The summed E-state index contributed by atoms with van der Waals surface area (Å²) >= 11 is 5.47. The molecule has 0 atom stereocenters. The minimum atomic E-state index is 0.757. The predicted molar refractivity (Wildman–Crippen MR) is 83.6 cm³/mol. The molecule has 2 aromatic heterocycles. The first-order chi connectivity index (χ1) is 9.47. The van der Waals surface area contributed by atoms with Gasteiger partial charge < -0.3 is 9.55 Å². The van der Waals surface area contributed by atoms with Gasteiger partial charge in [-0.3, -0.25) is 4.68 Å². The van der Waals surface area contributed by atoms with Crippen LogP contribution in [-0.2, 0) is 13.6 Å². The molecular formula is C15H18N4S. The Balaban J connectivity index is 2.16. The van der Waals surface area contributed by atoms with Crippen LogP contribution in [-0.4, -0.2) is 19.3 Å². The molecule has 0 saturated heterocycles. The number of fused-ring (bicyclic) bond motifs is 1. The zero-order valence-electron chi connectivity index (χ0n) is 12.2. The molecule has 0 saturated carbocycles. The summed E-state index contributed by atoms with van der Waals surface area (Å²) in [6.45, 7) is 6.99. The van der Waals surface area contributed by atoms with Gasteiger partial charge in [-0.15, -0.1) is 0 Å². The number of aryl methyl sites for hydroxylation is 3. The monoisotopic (exact) mass is 286 g/mol. The molecule has 2 heterocycles. The fraction of sp³-hybridized carbons (Fsp3) is 0.333. The average molecular weight is 286 g/mol. The Morgan fingerprint density at radius 1 is 1.25 bits per heavy atom. The van der Waals surface area contributed by atoms with Gasteiger partial charge in [0.05, 0.1) is 23.3 Å². The first-order valence-corrected chi connectivity index (χ1v) is 7.06. The standard InChI is InChI=1S/C15H18N4S/c1-9-5-6-14-13(7-9)16-15(20)19(14)8-12-10(2)17-18(4)11(12)3/h5-7H,8H2,1-4H3,(H,16,20). The first-order valence-electron chi connectivity index (χ1n) is 6.65.